The van der Waals surface area contributed by atoms with Gasteiger partial charge in [0.25, 0.3) is 0 Å². The second kappa shape index (κ2) is 6.10. The van der Waals surface area contributed by atoms with E-state index in [1.54, 1.807) is 18.2 Å². The number of carbonyl (C=O) groups is 1. The van der Waals surface area contributed by atoms with Gasteiger partial charge < -0.3 is 4.74 Å². The van der Waals surface area contributed by atoms with Crippen LogP contribution in [0.2, 0.25) is 0 Å². The van der Waals surface area contributed by atoms with Gasteiger partial charge in [0.15, 0.2) is 0 Å². The van der Waals surface area contributed by atoms with Crippen molar-refractivity contribution in [3.05, 3.63) is 35.4 Å². The third kappa shape index (κ3) is 3.65. The van der Waals surface area contributed by atoms with E-state index in [9.17, 15) is 4.79 Å². The first-order chi connectivity index (χ1) is 7.27. The molecule has 0 N–H and O–H groups in total. The zero-order chi connectivity index (χ0) is 11.1. The Hall–Kier alpha value is -1.46. The van der Waals surface area contributed by atoms with Crippen molar-refractivity contribution in [1.82, 2.24) is 0 Å². The molecule has 0 unspecified atom stereocenters. The van der Waals surface area contributed by atoms with Crippen LogP contribution in [0.5, 0.6) is 0 Å². The lowest BCUT2D eigenvalue weighted by Crippen LogP contribution is -2.00. The minimum atomic E-state index is -0.351. The van der Waals surface area contributed by atoms with Crippen LogP contribution in [0.15, 0.2) is 24.3 Å². The maximum Gasteiger partial charge on any atom is 0.337 e. The summed E-state index contributed by atoms with van der Waals surface area (Å²) in [5.41, 5.74) is 1.30. The van der Waals surface area contributed by atoms with Crippen molar-refractivity contribution in [3.8, 4) is 11.8 Å². The third-order valence-corrected chi connectivity index (χ3v) is 1.92. The Bertz CT molecular complexity index is 402. The maximum absolute atomic E-state index is 11.2. The highest BCUT2D eigenvalue weighted by Crippen LogP contribution is 2.05. The fourth-order valence-corrected chi connectivity index (χ4v) is 1.15. The summed E-state index contributed by atoms with van der Waals surface area (Å²) in [5, 5.41) is 0. The van der Waals surface area contributed by atoms with Crippen LogP contribution in [-0.4, -0.2) is 19.0 Å². The molecular formula is C12H11ClO2. The van der Waals surface area contributed by atoms with Crippen LogP contribution in [0.4, 0.5) is 0 Å². The number of hydrogen-bond acceptors (Lipinski definition) is 2. The lowest BCUT2D eigenvalue weighted by atomic mass is 10.1. The first-order valence-corrected chi connectivity index (χ1v) is 5.04. The van der Waals surface area contributed by atoms with Gasteiger partial charge in [-0.2, -0.15) is 0 Å². The summed E-state index contributed by atoms with van der Waals surface area (Å²) in [4.78, 5) is 11.2. The number of halogens is 1. The van der Waals surface area contributed by atoms with E-state index in [0.717, 1.165) is 5.56 Å². The lowest BCUT2D eigenvalue weighted by molar-refractivity contribution is 0.0600. The number of carbonyl (C=O) groups excluding carboxylic acids is 1. The first-order valence-electron chi connectivity index (χ1n) is 4.51. The highest BCUT2D eigenvalue weighted by atomic mass is 35.5. The zero-order valence-electron chi connectivity index (χ0n) is 8.42. The van der Waals surface area contributed by atoms with E-state index in [2.05, 4.69) is 16.6 Å². The summed E-state index contributed by atoms with van der Waals surface area (Å²) < 4.78 is 4.61. The van der Waals surface area contributed by atoms with Gasteiger partial charge in [-0.05, 0) is 18.2 Å². The van der Waals surface area contributed by atoms with Gasteiger partial charge in [0.2, 0.25) is 0 Å². The van der Waals surface area contributed by atoms with Crippen LogP contribution in [0, 0.1) is 11.8 Å². The molecular weight excluding hydrogens is 212 g/mol. The highest BCUT2D eigenvalue weighted by molar-refractivity contribution is 6.18. The predicted molar refractivity (Wildman–Crippen MR) is 60.0 cm³/mol. The molecule has 0 amide bonds. The summed E-state index contributed by atoms with van der Waals surface area (Å²) in [6.45, 7) is 0. The van der Waals surface area contributed by atoms with Gasteiger partial charge in [-0.1, -0.05) is 17.9 Å². The van der Waals surface area contributed by atoms with E-state index < -0.39 is 0 Å². The Morgan fingerprint density at radius 2 is 2.33 bits per heavy atom. The maximum atomic E-state index is 11.2. The molecule has 15 heavy (non-hydrogen) atoms. The number of ether oxygens (including phenoxy) is 1. The molecule has 0 saturated carbocycles. The Morgan fingerprint density at radius 3 is 3.00 bits per heavy atom. The van der Waals surface area contributed by atoms with E-state index in [0.29, 0.717) is 17.9 Å². The second-order valence-corrected chi connectivity index (χ2v) is 3.19. The molecule has 0 radical (unpaired) electrons. The fraction of sp³-hybridized carbons (Fsp3) is 0.250. The van der Waals surface area contributed by atoms with Crippen molar-refractivity contribution in [2.45, 2.75) is 6.42 Å². The molecule has 2 nitrogen and oxygen atoms in total. The average Bonchev–Trinajstić information content (AvgIpc) is 2.29. The molecule has 0 bridgehead atoms. The van der Waals surface area contributed by atoms with E-state index in [1.807, 2.05) is 6.07 Å². The summed E-state index contributed by atoms with van der Waals surface area (Å²) in [6.07, 6.45) is 0.643. The molecule has 0 spiro atoms. The van der Waals surface area contributed by atoms with Crippen molar-refractivity contribution in [1.29, 1.82) is 0 Å². The largest absolute Gasteiger partial charge is 0.465 e. The quantitative estimate of drug-likeness (QED) is 0.437. The van der Waals surface area contributed by atoms with Gasteiger partial charge in [0, 0.05) is 17.9 Å². The fourth-order valence-electron chi connectivity index (χ4n) is 1.05. The van der Waals surface area contributed by atoms with Gasteiger partial charge in [-0.15, -0.1) is 11.6 Å². The summed E-state index contributed by atoms with van der Waals surface area (Å²) in [7, 11) is 1.36. The number of methoxy groups -OCH3 is 1. The van der Waals surface area contributed by atoms with Gasteiger partial charge >= 0.3 is 5.97 Å². The minimum Gasteiger partial charge on any atom is -0.465 e. The Balaban J connectivity index is 2.84. The summed E-state index contributed by atoms with van der Waals surface area (Å²) >= 11 is 5.50. The number of esters is 1. The average molecular weight is 223 g/mol. The normalized spacial score (nSPS) is 8.93. The van der Waals surface area contributed by atoms with Crippen LogP contribution in [0.3, 0.4) is 0 Å². The highest BCUT2D eigenvalue weighted by Gasteiger charge is 2.03. The van der Waals surface area contributed by atoms with Crippen molar-refractivity contribution in [2.75, 3.05) is 13.0 Å². The second-order valence-electron chi connectivity index (χ2n) is 2.81. The molecule has 1 aromatic carbocycles. The number of benzene rings is 1. The molecule has 0 heterocycles. The molecule has 0 aromatic heterocycles. The van der Waals surface area contributed by atoms with Crippen molar-refractivity contribution >= 4 is 17.6 Å². The monoisotopic (exact) mass is 222 g/mol. The molecule has 1 rings (SSSR count). The molecule has 0 fully saturated rings. The van der Waals surface area contributed by atoms with Crippen LogP contribution in [0.1, 0.15) is 22.3 Å². The van der Waals surface area contributed by atoms with Gasteiger partial charge in [-0.25, -0.2) is 4.79 Å². The van der Waals surface area contributed by atoms with Gasteiger partial charge in [0.1, 0.15) is 0 Å². The third-order valence-electron chi connectivity index (χ3n) is 1.74. The van der Waals surface area contributed by atoms with E-state index >= 15 is 0 Å². The van der Waals surface area contributed by atoms with E-state index in [4.69, 9.17) is 11.6 Å². The van der Waals surface area contributed by atoms with Crippen LogP contribution >= 0.6 is 11.6 Å². The molecule has 0 aliphatic rings. The Labute approximate surface area is 94.2 Å². The van der Waals surface area contributed by atoms with Crippen LogP contribution in [0.25, 0.3) is 0 Å². The summed E-state index contributed by atoms with van der Waals surface area (Å²) in [6, 6.07) is 7.01. The van der Waals surface area contributed by atoms with Crippen molar-refractivity contribution < 1.29 is 9.53 Å². The topological polar surface area (TPSA) is 26.3 Å². The van der Waals surface area contributed by atoms with Crippen LogP contribution in [-0.2, 0) is 4.74 Å². The summed E-state index contributed by atoms with van der Waals surface area (Å²) in [5.74, 6) is 5.99. The van der Waals surface area contributed by atoms with Crippen LogP contribution < -0.4 is 0 Å². The van der Waals surface area contributed by atoms with Gasteiger partial charge in [0.05, 0.1) is 12.7 Å². The SMILES string of the molecule is COC(=O)c1cccc(C#CCCCl)c1. The lowest BCUT2D eigenvalue weighted by Gasteiger charge is -1.98. The zero-order valence-corrected chi connectivity index (χ0v) is 9.17. The number of alkyl halides is 1. The van der Waals surface area contributed by atoms with E-state index in [-0.39, 0.29) is 5.97 Å². The standard InChI is InChI=1S/C12H11ClO2/c1-15-12(14)11-7-4-6-10(9-11)5-2-3-8-13/h4,6-7,9H,3,8H2,1H3. The first kappa shape index (κ1) is 11.6. The smallest absolute Gasteiger partial charge is 0.337 e. The molecule has 0 aliphatic heterocycles. The molecule has 0 aliphatic carbocycles. The molecule has 78 valence electrons. The Kier molecular flexibility index (Phi) is 4.73. The number of hydrogen-bond donors (Lipinski definition) is 0. The van der Waals surface area contributed by atoms with Gasteiger partial charge in [-0.3, -0.25) is 0 Å². The molecule has 1 aromatic rings. The Morgan fingerprint density at radius 1 is 1.53 bits per heavy atom. The molecule has 0 atom stereocenters. The molecule has 3 heteroatoms. The van der Waals surface area contributed by atoms with Crippen molar-refractivity contribution in [2.24, 2.45) is 0 Å². The predicted octanol–water partition coefficient (Wildman–Crippen LogP) is 2.45. The number of rotatable bonds is 2. The van der Waals surface area contributed by atoms with E-state index in [1.165, 1.54) is 7.11 Å². The molecule has 0 saturated heterocycles. The van der Waals surface area contributed by atoms with Crippen molar-refractivity contribution in [3.63, 3.8) is 0 Å². The minimum absolute atomic E-state index is 0.351.